The second-order valence-corrected chi connectivity index (χ2v) is 4.37. The third kappa shape index (κ3) is 4.05. The summed E-state index contributed by atoms with van der Waals surface area (Å²) in [5.41, 5.74) is 2.82. The van der Waals surface area contributed by atoms with Gasteiger partial charge in [-0.05, 0) is 17.5 Å². The van der Waals surface area contributed by atoms with Crippen LogP contribution < -0.4 is 18.9 Å². The van der Waals surface area contributed by atoms with Crippen molar-refractivity contribution in [2.45, 2.75) is 25.2 Å². The molecule has 2 aromatic carbocycles. The van der Waals surface area contributed by atoms with Crippen LogP contribution in [0.2, 0.25) is 0 Å². The molecule has 0 aliphatic carbocycles. The molecule has 2 rings (SSSR count). The number of unbranched alkanes of at least 4 members (excludes halogenated alkanes) is 1. The van der Waals surface area contributed by atoms with Gasteiger partial charge in [0.1, 0.15) is 0 Å². The average Bonchev–Trinajstić information content (AvgIpc) is 2.42. The van der Waals surface area contributed by atoms with Crippen LogP contribution in [0.3, 0.4) is 0 Å². The Morgan fingerprint density at radius 1 is 0.778 bits per heavy atom. The molecule has 1 heteroatoms. The molecular formula is C17H19Li. The minimum atomic E-state index is 0. The topological polar surface area (TPSA) is 0 Å². The average molecular weight is 230 g/mol. The maximum atomic E-state index is 3.94. The zero-order valence-electron chi connectivity index (χ0n) is 11.2. The molecule has 0 fully saturated rings. The Kier molecular flexibility index (Phi) is 6.87. The molecular weight excluding hydrogens is 211 g/mol. The molecule has 0 atom stereocenters. The summed E-state index contributed by atoms with van der Waals surface area (Å²) in [6.07, 6.45) is 3.36. The molecule has 0 bridgehead atoms. The zero-order valence-corrected chi connectivity index (χ0v) is 11.2. The molecule has 0 aliphatic heterocycles. The summed E-state index contributed by atoms with van der Waals surface area (Å²) in [5.74, 6) is 0.513. The fraction of sp³-hybridized carbons (Fsp3) is 0.235. The van der Waals surface area contributed by atoms with E-state index in [9.17, 15) is 0 Å². The van der Waals surface area contributed by atoms with Crippen LogP contribution in [0.1, 0.15) is 36.3 Å². The second kappa shape index (κ2) is 8.19. The molecule has 18 heavy (non-hydrogen) atoms. The summed E-state index contributed by atoms with van der Waals surface area (Å²) in [7, 11) is 0. The van der Waals surface area contributed by atoms with Gasteiger partial charge in [0, 0.05) is 5.92 Å². The van der Waals surface area contributed by atoms with Crippen molar-refractivity contribution < 1.29 is 18.9 Å². The van der Waals surface area contributed by atoms with E-state index in [0.29, 0.717) is 5.92 Å². The van der Waals surface area contributed by atoms with E-state index in [-0.39, 0.29) is 18.9 Å². The van der Waals surface area contributed by atoms with Crippen LogP contribution in [0.5, 0.6) is 0 Å². The Balaban J connectivity index is 0.00000162. The van der Waals surface area contributed by atoms with E-state index in [0.717, 1.165) is 6.42 Å². The Morgan fingerprint density at radius 2 is 1.22 bits per heavy atom. The van der Waals surface area contributed by atoms with E-state index < -0.39 is 0 Å². The normalized spacial score (nSPS) is 10.1. The predicted octanol–water partition coefficient (Wildman–Crippen LogP) is 1.83. The van der Waals surface area contributed by atoms with E-state index in [1.165, 1.54) is 24.0 Å². The van der Waals surface area contributed by atoms with E-state index >= 15 is 0 Å². The van der Waals surface area contributed by atoms with Crippen molar-refractivity contribution in [3.63, 3.8) is 0 Å². The Labute approximate surface area is 123 Å². The first-order chi connectivity index (χ1) is 8.42. The van der Waals surface area contributed by atoms with Crippen molar-refractivity contribution in [3.05, 3.63) is 78.7 Å². The van der Waals surface area contributed by atoms with Crippen molar-refractivity contribution >= 4 is 0 Å². The first kappa shape index (κ1) is 15.1. The van der Waals surface area contributed by atoms with Gasteiger partial charge in [0.25, 0.3) is 0 Å². The van der Waals surface area contributed by atoms with E-state index in [2.05, 4.69) is 67.6 Å². The van der Waals surface area contributed by atoms with Crippen molar-refractivity contribution in [2.75, 3.05) is 0 Å². The smallest absolute Gasteiger partial charge is 0.343 e. The number of benzene rings is 2. The monoisotopic (exact) mass is 230 g/mol. The van der Waals surface area contributed by atoms with Gasteiger partial charge in [0.15, 0.2) is 0 Å². The molecule has 0 nitrogen and oxygen atoms in total. The van der Waals surface area contributed by atoms with Gasteiger partial charge in [0.2, 0.25) is 0 Å². The molecule has 0 N–H and O–H groups in total. The summed E-state index contributed by atoms with van der Waals surface area (Å²) in [5, 5.41) is 0. The van der Waals surface area contributed by atoms with Crippen LogP contribution in [0, 0.1) is 6.92 Å². The Bertz CT molecular complexity index is 382. The predicted molar refractivity (Wildman–Crippen MR) is 73.9 cm³/mol. The van der Waals surface area contributed by atoms with Crippen LogP contribution in [0.25, 0.3) is 0 Å². The molecule has 0 saturated heterocycles. The fourth-order valence-electron chi connectivity index (χ4n) is 2.24. The molecule has 0 spiro atoms. The van der Waals surface area contributed by atoms with Gasteiger partial charge in [-0.25, -0.2) is 0 Å². The molecule has 0 amide bonds. The maximum absolute atomic E-state index is 3.94. The third-order valence-electron chi connectivity index (χ3n) is 3.15. The molecule has 2 aromatic rings. The molecule has 0 saturated carbocycles. The van der Waals surface area contributed by atoms with Gasteiger partial charge in [-0.2, -0.15) is 6.42 Å². The van der Waals surface area contributed by atoms with Crippen molar-refractivity contribution in [1.29, 1.82) is 0 Å². The zero-order chi connectivity index (χ0) is 11.9. The van der Waals surface area contributed by atoms with Gasteiger partial charge in [-0.1, -0.05) is 67.1 Å². The summed E-state index contributed by atoms with van der Waals surface area (Å²) in [6.45, 7) is 3.94. The minimum absolute atomic E-state index is 0. The summed E-state index contributed by atoms with van der Waals surface area (Å²) >= 11 is 0. The molecule has 0 heterocycles. The van der Waals surface area contributed by atoms with Crippen LogP contribution in [-0.4, -0.2) is 0 Å². The van der Waals surface area contributed by atoms with E-state index in [4.69, 9.17) is 0 Å². The van der Waals surface area contributed by atoms with Gasteiger partial charge >= 0.3 is 18.9 Å². The third-order valence-corrected chi connectivity index (χ3v) is 3.15. The van der Waals surface area contributed by atoms with Crippen LogP contribution in [0.15, 0.2) is 60.7 Å². The first-order valence-electron chi connectivity index (χ1n) is 6.31. The quantitative estimate of drug-likeness (QED) is 0.543. The standard InChI is InChI=1S/C17H19.Li/c1-2-3-14-17(15-10-6-4-7-11-15)16-12-8-5-9-13-16;/h4-13,17H,1-3,14H2;/q-1;+1. The Morgan fingerprint density at radius 3 is 1.61 bits per heavy atom. The molecule has 0 aliphatic rings. The minimum Gasteiger partial charge on any atom is -0.343 e. The first-order valence-corrected chi connectivity index (χ1v) is 6.31. The SMILES string of the molecule is [CH2-]CCCC(c1ccccc1)c1ccccc1.[Li+]. The van der Waals surface area contributed by atoms with Gasteiger partial charge in [0.05, 0.1) is 0 Å². The fourth-order valence-corrected chi connectivity index (χ4v) is 2.24. The van der Waals surface area contributed by atoms with Crippen LogP contribution >= 0.6 is 0 Å². The van der Waals surface area contributed by atoms with Crippen molar-refractivity contribution in [1.82, 2.24) is 0 Å². The van der Waals surface area contributed by atoms with Crippen LogP contribution in [-0.2, 0) is 0 Å². The largest absolute Gasteiger partial charge is 1.00 e. The molecule has 0 aromatic heterocycles. The van der Waals surface area contributed by atoms with Crippen LogP contribution in [0.4, 0.5) is 0 Å². The molecule has 0 radical (unpaired) electrons. The summed E-state index contributed by atoms with van der Waals surface area (Å²) in [4.78, 5) is 0. The molecule has 88 valence electrons. The summed E-state index contributed by atoms with van der Waals surface area (Å²) < 4.78 is 0. The van der Waals surface area contributed by atoms with Gasteiger partial charge in [-0.3, -0.25) is 0 Å². The second-order valence-electron chi connectivity index (χ2n) is 4.37. The number of rotatable bonds is 5. The van der Waals surface area contributed by atoms with E-state index in [1.807, 2.05) is 0 Å². The van der Waals surface area contributed by atoms with Crippen molar-refractivity contribution in [3.8, 4) is 0 Å². The van der Waals surface area contributed by atoms with E-state index in [1.54, 1.807) is 0 Å². The van der Waals surface area contributed by atoms with Crippen molar-refractivity contribution in [2.24, 2.45) is 0 Å². The molecule has 0 unspecified atom stereocenters. The number of hydrogen-bond acceptors (Lipinski definition) is 0. The van der Waals surface area contributed by atoms with Gasteiger partial charge < -0.3 is 6.92 Å². The summed E-state index contributed by atoms with van der Waals surface area (Å²) in [6, 6.07) is 21.5. The number of hydrogen-bond donors (Lipinski definition) is 0. The Hall–Kier alpha value is -0.963. The maximum Gasteiger partial charge on any atom is 1.00 e. The van der Waals surface area contributed by atoms with Gasteiger partial charge in [-0.15, -0.1) is 0 Å².